The molecule has 0 atom stereocenters. The zero-order chi connectivity index (χ0) is 23.0. The van der Waals surface area contributed by atoms with Gasteiger partial charge in [0.1, 0.15) is 5.82 Å². The average molecular weight is 466 g/mol. The van der Waals surface area contributed by atoms with Gasteiger partial charge in [0.2, 0.25) is 0 Å². The molecule has 1 fully saturated rings. The van der Waals surface area contributed by atoms with E-state index in [1.54, 1.807) is 19.2 Å². The molecule has 170 valence electrons. The lowest BCUT2D eigenvalue weighted by atomic mass is 10.2. The van der Waals surface area contributed by atoms with E-state index < -0.39 is 15.8 Å². The summed E-state index contributed by atoms with van der Waals surface area (Å²) < 4.78 is 34.6. The fourth-order valence-corrected chi connectivity index (χ4v) is 5.02. The first kappa shape index (κ1) is 21.1. The maximum Gasteiger partial charge on any atom is 0.419 e. The second kappa shape index (κ2) is 8.28. The standard InChI is InChI=1S/C23H23N5O4S/c1-26-20-9-8-19(15-21(20)32-23(26)29)33(30,31)25-17-7-10-22(24-16-17)28-13-11-27(12-14-28)18-5-3-2-4-6-18/h2-10,15-16,25H,11-14H2,1H3. The number of aromatic nitrogens is 2. The topological polar surface area (TPSA) is 101 Å². The molecule has 0 saturated carbocycles. The predicted octanol–water partition coefficient (Wildman–Crippen LogP) is 2.65. The van der Waals surface area contributed by atoms with Crippen molar-refractivity contribution in [1.82, 2.24) is 9.55 Å². The molecule has 2 aromatic heterocycles. The molecule has 10 heteroatoms. The molecule has 1 saturated heterocycles. The third-order valence-electron chi connectivity index (χ3n) is 5.80. The van der Waals surface area contributed by atoms with Gasteiger partial charge in [0, 0.05) is 45.0 Å². The normalized spacial score (nSPS) is 14.6. The molecule has 0 aliphatic carbocycles. The first-order valence-corrected chi connectivity index (χ1v) is 12.0. The molecular weight excluding hydrogens is 442 g/mol. The first-order valence-electron chi connectivity index (χ1n) is 10.5. The summed E-state index contributed by atoms with van der Waals surface area (Å²) in [6, 6.07) is 18.1. The summed E-state index contributed by atoms with van der Waals surface area (Å²) in [4.78, 5) is 20.6. The summed E-state index contributed by atoms with van der Waals surface area (Å²) >= 11 is 0. The van der Waals surface area contributed by atoms with Crippen LogP contribution in [0.3, 0.4) is 0 Å². The number of para-hydroxylation sites is 1. The van der Waals surface area contributed by atoms with Crippen molar-refractivity contribution in [1.29, 1.82) is 0 Å². The van der Waals surface area contributed by atoms with Gasteiger partial charge in [0.05, 0.1) is 22.3 Å². The van der Waals surface area contributed by atoms with Crippen molar-refractivity contribution in [3.63, 3.8) is 0 Å². The lowest BCUT2D eigenvalue weighted by Crippen LogP contribution is -2.46. The number of anilines is 3. The summed E-state index contributed by atoms with van der Waals surface area (Å²) in [5, 5.41) is 0. The minimum atomic E-state index is -3.87. The van der Waals surface area contributed by atoms with Crippen molar-refractivity contribution in [2.24, 2.45) is 7.05 Å². The number of benzene rings is 2. The molecule has 1 N–H and O–H groups in total. The van der Waals surface area contributed by atoms with E-state index in [4.69, 9.17) is 4.42 Å². The van der Waals surface area contributed by atoms with Crippen LogP contribution in [0.25, 0.3) is 11.1 Å². The smallest absolute Gasteiger partial charge is 0.408 e. The van der Waals surface area contributed by atoms with Gasteiger partial charge in [-0.3, -0.25) is 9.29 Å². The number of pyridine rings is 1. The van der Waals surface area contributed by atoms with Gasteiger partial charge in [-0.05, 0) is 36.4 Å². The largest absolute Gasteiger partial charge is 0.419 e. The minimum Gasteiger partial charge on any atom is -0.408 e. The highest BCUT2D eigenvalue weighted by molar-refractivity contribution is 7.92. The Labute approximate surface area is 190 Å². The maximum absolute atomic E-state index is 12.8. The summed E-state index contributed by atoms with van der Waals surface area (Å²) in [5.41, 5.74) is 2.31. The van der Waals surface area contributed by atoms with Crippen LogP contribution in [0.2, 0.25) is 0 Å². The second-order valence-electron chi connectivity index (χ2n) is 7.88. The number of fused-ring (bicyclic) bond motifs is 1. The first-order chi connectivity index (χ1) is 15.9. The number of hydrogen-bond donors (Lipinski definition) is 1. The van der Waals surface area contributed by atoms with Crippen molar-refractivity contribution in [2.75, 3.05) is 40.7 Å². The highest BCUT2D eigenvalue weighted by atomic mass is 32.2. The predicted molar refractivity (Wildman–Crippen MR) is 127 cm³/mol. The molecule has 1 aliphatic rings. The number of aryl methyl sites for hydroxylation is 1. The van der Waals surface area contributed by atoms with Gasteiger partial charge in [-0.15, -0.1) is 0 Å². The fourth-order valence-electron chi connectivity index (χ4n) is 3.96. The van der Waals surface area contributed by atoms with E-state index in [0.29, 0.717) is 11.2 Å². The van der Waals surface area contributed by atoms with E-state index in [1.165, 1.54) is 28.6 Å². The number of nitrogens with one attached hydrogen (secondary N) is 1. The SMILES string of the molecule is Cn1c(=O)oc2cc(S(=O)(=O)Nc3ccc(N4CCN(c5ccccc5)CC4)nc3)ccc21. The maximum atomic E-state index is 12.8. The van der Waals surface area contributed by atoms with E-state index in [0.717, 1.165) is 32.0 Å². The third-order valence-corrected chi connectivity index (χ3v) is 7.18. The molecule has 2 aromatic carbocycles. The van der Waals surface area contributed by atoms with Crippen molar-refractivity contribution in [3.8, 4) is 0 Å². The Bertz CT molecular complexity index is 1440. The Morgan fingerprint density at radius 2 is 1.67 bits per heavy atom. The molecule has 0 radical (unpaired) electrons. The molecule has 0 bridgehead atoms. The van der Waals surface area contributed by atoms with Crippen LogP contribution in [0.4, 0.5) is 17.2 Å². The summed E-state index contributed by atoms with van der Waals surface area (Å²) in [7, 11) is -2.30. The Hall–Kier alpha value is -3.79. The van der Waals surface area contributed by atoms with E-state index in [-0.39, 0.29) is 10.5 Å². The lowest BCUT2D eigenvalue weighted by molar-refractivity contribution is 0.527. The number of oxazole rings is 1. The van der Waals surface area contributed by atoms with Gasteiger partial charge in [-0.1, -0.05) is 18.2 Å². The number of sulfonamides is 1. The van der Waals surface area contributed by atoms with Crippen LogP contribution >= 0.6 is 0 Å². The molecule has 5 rings (SSSR count). The Morgan fingerprint density at radius 3 is 2.36 bits per heavy atom. The Kier molecular flexibility index (Phi) is 5.29. The summed E-state index contributed by atoms with van der Waals surface area (Å²) in [6.45, 7) is 3.43. The molecular formula is C23H23N5O4S. The molecule has 3 heterocycles. The zero-order valence-corrected chi connectivity index (χ0v) is 18.8. The minimum absolute atomic E-state index is 0.00506. The number of rotatable bonds is 5. The van der Waals surface area contributed by atoms with Crippen molar-refractivity contribution in [2.45, 2.75) is 4.90 Å². The van der Waals surface area contributed by atoms with Gasteiger partial charge < -0.3 is 14.2 Å². The summed E-state index contributed by atoms with van der Waals surface area (Å²) in [6.07, 6.45) is 1.51. The van der Waals surface area contributed by atoms with Crippen molar-refractivity contribution in [3.05, 3.63) is 77.4 Å². The van der Waals surface area contributed by atoms with Crippen LogP contribution < -0.4 is 20.3 Å². The molecule has 4 aromatic rings. The van der Waals surface area contributed by atoms with E-state index >= 15 is 0 Å². The quantitative estimate of drug-likeness (QED) is 0.484. The van der Waals surface area contributed by atoms with E-state index in [9.17, 15) is 13.2 Å². The zero-order valence-electron chi connectivity index (χ0n) is 18.0. The van der Waals surface area contributed by atoms with Gasteiger partial charge in [0.25, 0.3) is 10.0 Å². The molecule has 0 unspecified atom stereocenters. The lowest BCUT2D eigenvalue weighted by Gasteiger charge is -2.36. The monoisotopic (exact) mass is 465 g/mol. The second-order valence-corrected chi connectivity index (χ2v) is 9.56. The Balaban J connectivity index is 1.26. The molecule has 9 nitrogen and oxygen atoms in total. The molecule has 0 spiro atoms. The van der Waals surface area contributed by atoms with Crippen LogP contribution in [0.1, 0.15) is 0 Å². The Morgan fingerprint density at radius 1 is 0.939 bits per heavy atom. The van der Waals surface area contributed by atoms with E-state index in [2.05, 4.69) is 31.6 Å². The van der Waals surface area contributed by atoms with E-state index in [1.807, 2.05) is 24.3 Å². The van der Waals surface area contributed by atoms with Crippen LogP contribution in [-0.2, 0) is 17.1 Å². The van der Waals surface area contributed by atoms with Gasteiger partial charge in [-0.2, -0.15) is 0 Å². The fraction of sp³-hybridized carbons (Fsp3) is 0.217. The molecule has 1 aliphatic heterocycles. The highest BCUT2D eigenvalue weighted by Gasteiger charge is 2.20. The van der Waals surface area contributed by atoms with Crippen LogP contribution in [0.5, 0.6) is 0 Å². The van der Waals surface area contributed by atoms with Gasteiger partial charge >= 0.3 is 5.76 Å². The molecule has 33 heavy (non-hydrogen) atoms. The van der Waals surface area contributed by atoms with Crippen molar-refractivity contribution < 1.29 is 12.8 Å². The van der Waals surface area contributed by atoms with Crippen LogP contribution in [-0.4, -0.2) is 44.1 Å². The molecule has 0 amide bonds. The highest BCUT2D eigenvalue weighted by Crippen LogP contribution is 2.23. The number of nitrogens with zero attached hydrogens (tertiary/aromatic N) is 4. The van der Waals surface area contributed by atoms with Gasteiger partial charge in [0.15, 0.2) is 5.58 Å². The summed E-state index contributed by atoms with van der Waals surface area (Å²) in [5.74, 6) is 0.259. The number of hydrogen-bond acceptors (Lipinski definition) is 7. The van der Waals surface area contributed by atoms with Crippen molar-refractivity contribution >= 4 is 38.3 Å². The van der Waals surface area contributed by atoms with Crippen LogP contribution in [0.15, 0.2) is 81.0 Å². The third kappa shape index (κ3) is 4.17. The average Bonchev–Trinajstić information content (AvgIpc) is 3.13. The van der Waals surface area contributed by atoms with Crippen LogP contribution in [0, 0.1) is 0 Å². The van der Waals surface area contributed by atoms with Gasteiger partial charge in [-0.25, -0.2) is 18.2 Å². The number of piperazine rings is 1.